The van der Waals surface area contributed by atoms with Crippen LogP contribution in [0.4, 0.5) is 0 Å². The Labute approximate surface area is 217 Å². The van der Waals surface area contributed by atoms with Gasteiger partial charge in [-0.25, -0.2) is 4.98 Å². The standard InChI is InChI=1S/C28H33ClN4O3/c1-20(2)33-17-26(30-19-33)25-16-31(14-22-5-4-6-23(29)13-22)18-28(25)27(34)32(11-12-36-28)15-21-7-9-24(35-3)10-8-21/h4-10,13,17,19-20,25H,11-12,14-16,18H2,1-3H3/t25-,28-/m1/s1. The lowest BCUT2D eigenvalue weighted by molar-refractivity contribution is -0.173. The number of likely N-dealkylation sites (tertiary alicyclic amines) is 1. The third-order valence-electron chi connectivity index (χ3n) is 7.23. The predicted molar refractivity (Wildman–Crippen MR) is 139 cm³/mol. The van der Waals surface area contributed by atoms with Crippen molar-refractivity contribution in [2.45, 2.75) is 44.5 Å². The number of aromatic nitrogens is 2. The maximum absolute atomic E-state index is 14.1. The number of carbonyl (C=O) groups excluding carboxylic acids is 1. The average Bonchev–Trinajstić information content (AvgIpc) is 3.48. The molecule has 0 radical (unpaired) electrons. The van der Waals surface area contributed by atoms with Gasteiger partial charge < -0.3 is 18.9 Å². The van der Waals surface area contributed by atoms with E-state index in [4.69, 9.17) is 26.1 Å². The number of nitrogens with zero attached hydrogens (tertiary/aromatic N) is 4. The fourth-order valence-electron chi connectivity index (χ4n) is 5.31. The zero-order valence-corrected chi connectivity index (χ0v) is 21.8. The molecule has 8 heteroatoms. The number of ether oxygens (including phenoxy) is 2. The van der Waals surface area contributed by atoms with E-state index in [-0.39, 0.29) is 11.8 Å². The third-order valence-corrected chi connectivity index (χ3v) is 7.47. The first-order valence-electron chi connectivity index (χ1n) is 12.4. The number of halogens is 1. The second kappa shape index (κ2) is 10.2. The van der Waals surface area contributed by atoms with E-state index < -0.39 is 5.60 Å². The van der Waals surface area contributed by atoms with Gasteiger partial charge >= 0.3 is 0 Å². The van der Waals surface area contributed by atoms with Crippen molar-refractivity contribution >= 4 is 17.5 Å². The minimum Gasteiger partial charge on any atom is -0.497 e. The quantitative estimate of drug-likeness (QED) is 0.469. The van der Waals surface area contributed by atoms with Crippen LogP contribution in [0.5, 0.6) is 5.75 Å². The second-order valence-corrected chi connectivity index (χ2v) is 10.4. The Morgan fingerprint density at radius 1 is 1.17 bits per heavy atom. The number of carbonyl (C=O) groups is 1. The fourth-order valence-corrected chi connectivity index (χ4v) is 5.52. The molecule has 0 N–H and O–H groups in total. The first-order valence-corrected chi connectivity index (χ1v) is 12.8. The maximum atomic E-state index is 14.1. The molecule has 3 aromatic rings. The summed E-state index contributed by atoms with van der Waals surface area (Å²) in [6.45, 7) is 7.73. The summed E-state index contributed by atoms with van der Waals surface area (Å²) in [5.74, 6) is 0.668. The van der Waals surface area contributed by atoms with E-state index in [2.05, 4.69) is 35.6 Å². The molecule has 7 nitrogen and oxygen atoms in total. The van der Waals surface area contributed by atoms with Gasteiger partial charge in [-0.15, -0.1) is 0 Å². The average molecular weight is 509 g/mol. The molecule has 0 unspecified atom stereocenters. The molecule has 2 aliphatic heterocycles. The Balaban J connectivity index is 1.44. The number of amides is 1. The second-order valence-electron chi connectivity index (χ2n) is 10.0. The third kappa shape index (κ3) is 4.88. The molecular weight excluding hydrogens is 476 g/mol. The summed E-state index contributed by atoms with van der Waals surface area (Å²) in [6, 6.07) is 16.1. The van der Waals surface area contributed by atoms with Crippen LogP contribution in [0, 0.1) is 0 Å². The topological polar surface area (TPSA) is 59.8 Å². The van der Waals surface area contributed by atoms with Crippen molar-refractivity contribution in [3.63, 3.8) is 0 Å². The van der Waals surface area contributed by atoms with Gasteiger partial charge in [0, 0.05) is 50.0 Å². The molecule has 2 aliphatic rings. The lowest BCUT2D eigenvalue weighted by atomic mass is 9.85. The van der Waals surface area contributed by atoms with Crippen LogP contribution in [0.2, 0.25) is 5.02 Å². The highest BCUT2D eigenvalue weighted by atomic mass is 35.5. The molecule has 1 amide bonds. The predicted octanol–water partition coefficient (Wildman–Crippen LogP) is 4.52. The Morgan fingerprint density at radius 3 is 2.67 bits per heavy atom. The van der Waals surface area contributed by atoms with Crippen molar-refractivity contribution in [1.29, 1.82) is 0 Å². The number of imidazole rings is 1. The molecule has 1 spiro atoms. The van der Waals surface area contributed by atoms with Gasteiger partial charge in [-0.2, -0.15) is 0 Å². The molecule has 2 saturated heterocycles. The van der Waals surface area contributed by atoms with E-state index in [1.807, 2.05) is 53.7 Å². The van der Waals surface area contributed by atoms with E-state index >= 15 is 0 Å². The van der Waals surface area contributed by atoms with Gasteiger partial charge in [0.25, 0.3) is 5.91 Å². The van der Waals surface area contributed by atoms with E-state index in [0.29, 0.717) is 50.4 Å². The van der Waals surface area contributed by atoms with E-state index in [9.17, 15) is 4.79 Å². The first kappa shape index (κ1) is 24.8. The number of morpholine rings is 1. The summed E-state index contributed by atoms with van der Waals surface area (Å²) in [5.41, 5.74) is 2.11. The zero-order chi connectivity index (χ0) is 25.3. The fraction of sp³-hybridized carbons (Fsp3) is 0.429. The van der Waals surface area contributed by atoms with Gasteiger partial charge in [0.1, 0.15) is 5.75 Å². The van der Waals surface area contributed by atoms with E-state index in [1.165, 1.54) is 0 Å². The highest BCUT2D eigenvalue weighted by Crippen LogP contribution is 2.42. The zero-order valence-electron chi connectivity index (χ0n) is 21.1. The minimum atomic E-state index is -0.973. The normalized spacial score (nSPS) is 22.6. The highest BCUT2D eigenvalue weighted by Gasteiger charge is 2.57. The molecule has 2 aromatic carbocycles. The van der Waals surface area contributed by atoms with Crippen molar-refractivity contribution in [1.82, 2.24) is 19.4 Å². The maximum Gasteiger partial charge on any atom is 0.257 e. The van der Waals surface area contributed by atoms with Crippen LogP contribution in [0.15, 0.2) is 61.1 Å². The van der Waals surface area contributed by atoms with Crippen LogP contribution < -0.4 is 4.74 Å². The summed E-state index contributed by atoms with van der Waals surface area (Å²) >= 11 is 6.24. The number of hydrogen-bond donors (Lipinski definition) is 0. The van der Waals surface area contributed by atoms with Crippen molar-refractivity contribution in [2.24, 2.45) is 0 Å². The Hall–Kier alpha value is -2.87. The van der Waals surface area contributed by atoms with Crippen LogP contribution in [-0.4, -0.2) is 64.2 Å². The van der Waals surface area contributed by atoms with Gasteiger partial charge in [0.2, 0.25) is 0 Å². The summed E-state index contributed by atoms with van der Waals surface area (Å²) < 4.78 is 13.8. The monoisotopic (exact) mass is 508 g/mol. The smallest absolute Gasteiger partial charge is 0.257 e. The summed E-state index contributed by atoms with van der Waals surface area (Å²) in [5, 5.41) is 0.712. The summed E-state index contributed by atoms with van der Waals surface area (Å²) in [4.78, 5) is 23.1. The van der Waals surface area contributed by atoms with Gasteiger partial charge in [-0.1, -0.05) is 35.9 Å². The molecule has 2 fully saturated rings. The molecule has 0 bridgehead atoms. The molecule has 1 aromatic heterocycles. The Bertz CT molecular complexity index is 1210. The number of hydrogen-bond acceptors (Lipinski definition) is 5. The summed E-state index contributed by atoms with van der Waals surface area (Å²) in [7, 11) is 1.65. The Kier molecular flexibility index (Phi) is 7.06. The molecule has 190 valence electrons. The van der Waals surface area contributed by atoms with Crippen molar-refractivity contribution in [3.05, 3.63) is 82.9 Å². The van der Waals surface area contributed by atoms with Crippen molar-refractivity contribution < 1.29 is 14.3 Å². The highest BCUT2D eigenvalue weighted by molar-refractivity contribution is 6.30. The number of rotatable bonds is 7. The molecular formula is C28H33ClN4O3. The van der Waals surface area contributed by atoms with Crippen molar-refractivity contribution in [3.8, 4) is 5.75 Å². The summed E-state index contributed by atoms with van der Waals surface area (Å²) in [6.07, 6.45) is 3.93. The molecule has 2 atom stereocenters. The van der Waals surface area contributed by atoms with Crippen LogP contribution in [-0.2, 0) is 22.6 Å². The van der Waals surface area contributed by atoms with Gasteiger partial charge in [0.15, 0.2) is 5.60 Å². The lowest BCUT2D eigenvalue weighted by Crippen LogP contribution is -2.60. The van der Waals surface area contributed by atoms with Crippen LogP contribution in [0.1, 0.15) is 42.6 Å². The lowest BCUT2D eigenvalue weighted by Gasteiger charge is -2.42. The minimum absolute atomic E-state index is 0.0299. The first-order chi connectivity index (χ1) is 17.4. The number of benzene rings is 2. The Morgan fingerprint density at radius 2 is 1.97 bits per heavy atom. The van der Waals surface area contributed by atoms with E-state index in [0.717, 1.165) is 22.6 Å². The van der Waals surface area contributed by atoms with Gasteiger partial charge in [-0.3, -0.25) is 9.69 Å². The molecule has 5 rings (SSSR count). The van der Waals surface area contributed by atoms with Gasteiger partial charge in [-0.05, 0) is 49.2 Å². The molecule has 3 heterocycles. The van der Waals surface area contributed by atoms with Crippen LogP contribution >= 0.6 is 11.6 Å². The van der Waals surface area contributed by atoms with Crippen LogP contribution in [0.25, 0.3) is 0 Å². The SMILES string of the molecule is COc1ccc(CN2CCO[C@@]3(CN(Cc4cccc(Cl)c4)C[C@@H]3c3cn(C(C)C)cn3)C2=O)cc1. The molecule has 36 heavy (non-hydrogen) atoms. The van der Waals surface area contributed by atoms with Gasteiger partial charge in [0.05, 0.1) is 31.7 Å². The molecule has 0 saturated carbocycles. The van der Waals surface area contributed by atoms with Crippen LogP contribution in [0.3, 0.4) is 0 Å². The number of methoxy groups -OCH3 is 1. The largest absolute Gasteiger partial charge is 0.497 e. The van der Waals surface area contributed by atoms with Crippen molar-refractivity contribution in [2.75, 3.05) is 33.4 Å². The van der Waals surface area contributed by atoms with E-state index in [1.54, 1.807) is 7.11 Å². The molecule has 0 aliphatic carbocycles.